The predicted molar refractivity (Wildman–Crippen MR) is 146 cm³/mol. The molecule has 202 valence electrons. The number of nitrogens with one attached hydrogen (secondary N) is 1. The second-order valence-electron chi connectivity index (χ2n) is 13.3. The molecule has 7 nitrogen and oxygen atoms in total. The normalized spacial score (nSPS) is 20.9. The number of hydrogen-bond acceptors (Lipinski definition) is 4. The third kappa shape index (κ3) is 6.07. The van der Waals surface area contributed by atoms with Crippen molar-refractivity contribution in [2.24, 2.45) is 18.9 Å². The Morgan fingerprint density at radius 1 is 1.00 bits per heavy atom. The molecule has 2 heterocycles. The number of carboxylic acid groups (broad SMARTS) is 1. The summed E-state index contributed by atoms with van der Waals surface area (Å²) in [7, 11) is 1.98. The van der Waals surface area contributed by atoms with Crippen molar-refractivity contribution in [2.45, 2.75) is 110 Å². The van der Waals surface area contributed by atoms with Gasteiger partial charge in [0.25, 0.3) is 5.91 Å². The molecule has 0 aromatic carbocycles. The van der Waals surface area contributed by atoms with E-state index < -0.39 is 5.97 Å². The minimum atomic E-state index is -0.783. The van der Waals surface area contributed by atoms with Gasteiger partial charge in [0.2, 0.25) is 0 Å². The number of carbonyl (C=O) groups is 2. The highest BCUT2D eigenvalue weighted by molar-refractivity contribution is 5.95. The number of aromatic nitrogens is 3. The molecule has 2 saturated carbocycles. The number of amides is 1. The van der Waals surface area contributed by atoms with Gasteiger partial charge in [-0.1, -0.05) is 73.6 Å². The standard InChI is InChI=1S/C30H44N4O3/c1-29(2,3)25-17-22(32-28(33-25)30(4,5)6)21-16-24(26(35)31-20-14-19(15-20)27(36)37)34(7)23(21)13-18-11-9-8-10-12-18/h16-20H,8-15H2,1-7H3,(H,31,35)(H,36,37)/t19-,20-. The van der Waals surface area contributed by atoms with Gasteiger partial charge < -0.3 is 15.0 Å². The van der Waals surface area contributed by atoms with Gasteiger partial charge in [0.1, 0.15) is 11.5 Å². The smallest absolute Gasteiger partial charge is 0.306 e. The highest BCUT2D eigenvalue weighted by Crippen LogP contribution is 2.36. The molecule has 0 radical (unpaired) electrons. The first-order chi connectivity index (χ1) is 17.2. The molecule has 0 bridgehead atoms. The Kier molecular flexibility index (Phi) is 7.55. The lowest BCUT2D eigenvalue weighted by Gasteiger charge is -2.32. The lowest BCUT2D eigenvalue weighted by Crippen LogP contribution is -2.47. The van der Waals surface area contributed by atoms with Crippen LogP contribution in [0.5, 0.6) is 0 Å². The Morgan fingerprint density at radius 3 is 2.22 bits per heavy atom. The second kappa shape index (κ2) is 10.2. The Labute approximate surface area is 221 Å². The van der Waals surface area contributed by atoms with Gasteiger partial charge in [-0.25, -0.2) is 9.97 Å². The predicted octanol–water partition coefficient (Wildman–Crippen LogP) is 5.79. The molecule has 0 saturated heterocycles. The van der Waals surface area contributed by atoms with Gasteiger partial charge in [0, 0.05) is 35.2 Å². The largest absolute Gasteiger partial charge is 0.481 e. The lowest BCUT2D eigenvalue weighted by molar-refractivity contribution is -0.145. The van der Waals surface area contributed by atoms with Gasteiger partial charge in [0.15, 0.2) is 0 Å². The van der Waals surface area contributed by atoms with E-state index in [1.165, 1.54) is 32.1 Å². The molecule has 2 aromatic heterocycles. The van der Waals surface area contributed by atoms with Crippen LogP contribution >= 0.6 is 0 Å². The fraction of sp³-hybridized carbons (Fsp3) is 0.667. The summed E-state index contributed by atoms with van der Waals surface area (Å²) in [4.78, 5) is 34.6. The van der Waals surface area contributed by atoms with Crippen LogP contribution in [0.2, 0.25) is 0 Å². The molecule has 2 N–H and O–H groups in total. The fourth-order valence-electron chi connectivity index (χ4n) is 5.50. The third-order valence-electron chi connectivity index (χ3n) is 8.06. The van der Waals surface area contributed by atoms with E-state index in [4.69, 9.17) is 9.97 Å². The van der Waals surface area contributed by atoms with Gasteiger partial charge in [-0.05, 0) is 37.3 Å². The van der Waals surface area contributed by atoms with Crippen molar-refractivity contribution < 1.29 is 14.7 Å². The monoisotopic (exact) mass is 508 g/mol. The summed E-state index contributed by atoms with van der Waals surface area (Å²) in [6, 6.07) is 4.00. The second-order valence-corrected chi connectivity index (χ2v) is 13.3. The van der Waals surface area contributed by atoms with Crippen molar-refractivity contribution >= 4 is 11.9 Å². The molecule has 1 amide bonds. The summed E-state index contributed by atoms with van der Waals surface area (Å²) in [6.07, 6.45) is 8.17. The van der Waals surface area contributed by atoms with E-state index in [1.54, 1.807) is 0 Å². The fourth-order valence-corrected chi connectivity index (χ4v) is 5.50. The average molecular weight is 509 g/mol. The SMILES string of the molecule is Cn1c(C(=O)N[C@H]2C[C@H](C(=O)O)C2)cc(-c2cc(C(C)(C)C)nc(C(C)(C)C)n2)c1CC1CCCCC1. The van der Waals surface area contributed by atoms with E-state index in [9.17, 15) is 14.7 Å². The highest BCUT2D eigenvalue weighted by Gasteiger charge is 2.36. The van der Waals surface area contributed by atoms with Crippen molar-refractivity contribution in [1.82, 2.24) is 19.9 Å². The summed E-state index contributed by atoms with van der Waals surface area (Å²) in [6.45, 7) is 12.9. The van der Waals surface area contributed by atoms with Crippen LogP contribution in [0, 0.1) is 11.8 Å². The number of nitrogens with zero attached hydrogens (tertiary/aromatic N) is 3. The van der Waals surface area contributed by atoms with Crippen LogP contribution in [0.25, 0.3) is 11.3 Å². The van der Waals surface area contributed by atoms with Crippen LogP contribution in [0.1, 0.15) is 114 Å². The topological polar surface area (TPSA) is 97.1 Å². The van der Waals surface area contributed by atoms with Gasteiger partial charge in [0.05, 0.1) is 17.3 Å². The molecule has 0 aliphatic heterocycles. The first-order valence-electron chi connectivity index (χ1n) is 13.9. The van der Waals surface area contributed by atoms with Crippen LogP contribution in [-0.2, 0) is 29.1 Å². The number of carbonyl (C=O) groups excluding carboxylic acids is 1. The maximum atomic E-state index is 13.4. The summed E-state index contributed by atoms with van der Waals surface area (Å²) >= 11 is 0. The molecular weight excluding hydrogens is 464 g/mol. The quantitative estimate of drug-likeness (QED) is 0.514. The van der Waals surface area contributed by atoms with Crippen LogP contribution in [0.3, 0.4) is 0 Å². The van der Waals surface area contributed by atoms with Crippen LogP contribution in [0.15, 0.2) is 12.1 Å². The third-order valence-corrected chi connectivity index (χ3v) is 8.06. The van der Waals surface area contributed by atoms with Crippen LogP contribution in [-0.4, -0.2) is 37.6 Å². The first kappa shape index (κ1) is 27.3. The molecule has 2 fully saturated rings. The number of hydrogen-bond donors (Lipinski definition) is 2. The molecule has 2 aliphatic carbocycles. The molecule has 37 heavy (non-hydrogen) atoms. The van der Waals surface area contributed by atoms with Gasteiger partial charge in [-0.3, -0.25) is 9.59 Å². The summed E-state index contributed by atoms with van der Waals surface area (Å²) in [5.74, 6) is 0.125. The minimum Gasteiger partial charge on any atom is -0.481 e. The highest BCUT2D eigenvalue weighted by atomic mass is 16.4. The summed E-state index contributed by atoms with van der Waals surface area (Å²) in [5.41, 5.74) is 4.28. The van der Waals surface area contributed by atoms with E-state index in [0.29, 0.717) is 24.5 Å². The Morgan fingerprint density at radius 2 is 1.65 bits per heavy atom. The maximum Gasteiger partial charge on any atom is 0.306 e. The molecule has 0 unspecified atom stereocenters. The zero-order chi connectivity index (χ0) is 27.1. The molecule has 4 rings (SSSR count). The molecule has 0 spiro atoms. The number of rotatable bonds is 6. The Bertz CT molecular complexity index is 1120. The minimum absolute atomic E-state index is 0.0900. The van der Waals surface area contributed by atoms with Gasteiger partial charge in [-0.2, -0.15) is 0 Å². The van der Waals surface area contributed by atoms with Crippen LogP contribution in [0.4, 0.5) is 0 Å². The van der Waals surface area contributed by atoms with Gasteiger partial charge >= 0.3 is 5.97 Å². The molecule has 2 aliphatic rings. The Hall–Kier alpha value is -2.70. The van der Waals surface area contributed by atoms with E-state index in [0.717, 1.165) is 34.9 Å². The van der Waals surface area contributed by atoms with E-state index in [2.05, 4.69) is 52.9 Å². The summed E-state index contributed by atoms with van der Waals surface area (Å²) < 4.78 is 2.04. The van der Waals surface area contributed by atoms with Crippen molar-refractivity contribution in [2.75, 3.05) is 0 Å². The zero-order valence-corrected chi connectivity index (χ0v) is 23.6. The molecule has 7 heteroatoms. The molecule has 0 atom stereocenters. The maximum absolute atomic E-state index is 13.4. The van der Waals surface area contributed by atoms with Crippen LogP contribution < -0.4 is 5.32 Å². The average Bonchev–Trinajstić information content (AvgIpc) is 3.11. The first-order valence-corrected chi connectivity index (χ1v) is 13.9. The number of aliphatic carboxylic acids is 1. The Balaban J connectivity index is 1.75. The molecule has 2 aromatic rings. The number of carboxylic acids is 1. The van der Waals surface area contributed by atoms with E-state index in [1.807, 2.05) is 17.7 Å². The summed E-state index contributed by atoms with van der Waals surface area (Å²) in [5, 5.41) is 12.3. The van der Waals surface area contributed by atoms with E-state index >= 15 is 0 Å². The van der Waals surface area contributed by atoms with Gasteiger partial charge in [-0.15, -0.1) is 0 Å². The molecular formula is C30H44N4O3. The van der Waals surface area contributed by atoms with Crippen molar-refractivity contribution in [1.29, 1.82) is 0 Å². The van der Waals surface area contributed by atoms with Crippen molar-refractivity contribution in [3.8, 4) is 11.3 Å². The zero-order valence-electron chi connectivity index (χ0n) is 23.6. The van der Waals surface area contributed by atoms with Crippen molar-refractivity contribution in [3.63, 3.8) is 0 Å². The van der Waals surface area contributed by atoms with E-state index in [-0.39, 0.29) is 28.7 Å². The van der Waals surface area contributed by atoms with Crippen molar-refractivity contribution in [3.05, 3.63) is 35.0 Å². The lowest BCUT2D eigenvalue weighted by atomic mass is 9.80.